The lowest BCUT2D eigenvalue weighted by Gasteiger charge is -2.21. The zero-order valence-corrected chi connectivity index (χ0v) is 10.0. The predicted molar refractivity (Wildman–Crippen MR) is 68.1 cm³/mol. The predicted octanol–water partition coefficient (Wildman–Crippen LogP) is 2.75. The molecular weight excluding hydrogens is 198 g/mol. The molecule has 0 unspecified atom stereocenters. The third-order valence-electron chi connectivity index (χ3n) is 3.15. The molecular formula is C13H19N3. The number of rotatable bonds is 1. The van der Waals surface area contributed by atoms with Crippen molar-refractivity contribution in [2.45, 2.75) is 26.7 Å². The first kappa shape index (κ1) is 11.0. The number of nitrogens with zero attached hydrogens (tertiary/aromatic N) is 1. The molecule has 0 aliphatic carbocycles. The minimum atomic E-state index is 0.537. The highest BCUT2D eigenvalue weighted by molar-refractivity contribution is 5.92. The van der Waals surface area contributed by atoms with Crippen LogP contribution in [0.4, 0.5) is 5.69 Å². The minimum absolute atomic E-state index is 0.537. The Morgan fingerprint density at radius 3 is 2.31 bits per heavy atom. The van der Waals surface area contributed by atoms with Crippen LogP contribution in [0, 0.1) is 19.3 Å². The van der Waals surface area contributed by atoms with Crippen LogP contribution in [0.2, 0.25) is 0 Å². The maximum Gasteiger partial charge on any atom is 0.195 e. The van der Waals surface area contributed by atoms with Crippen LogP contribution in [0.5, 0.6) is 0 Å². The fourth-order valence-corrected chi connectivity index (χ4v) is 2.15. The van der Waals surface area contributed by atoms with E-state index in [9.17, 15) is 0 Å². The molecule has 3 nitrogen and oxygen atoms in total. The van der Waals surface area contributed by atoms with Gasteiger partial charge in [0.25, 0.3) is 0 Å². The van der Waals surface area contributed by atoms with Crippen molar-refractivity contribution in [3.8, 4) is 0 Å². The van der Waals surface area contributed by atoms with Crippen LogP contribution < -0.4 is 5.32 Å². The van der Waals surface area contributed by atoms with Crippen molar-refractivity contribution in [2.24, 2.45) is 0 Å². The number of aryl methyl sites for hydroxylation is 2. The van der Waals surface area contributed by atoms with E-state index in [-0.39, 0.29) is 0 Å². The normalized spacial score (nSPS) is 15.2. The zero-order valence-electron chi connectivity index (χ0n) is 10.0. The molecule has 1 aromatic carbocycles. The summed E-state index contributed by atoms with van der Waals surface area (Å²) in [6.45, 7) is 6.17. The lowest BCUT2D eigenvalue weighted by molar-refractivity contribution is 0.514. The first-order valence-electron chi connectivity index (χ1n) is 5.85. The van der Waals surface area contributed by atoms with E-state index in [1.165, 1.54) is 24.0 Å². The number of nitrogens with one attached hydrogen (secondary N) is 2. The molecule has 2 rings (SSSR count). The molecule has 1 fully saturated rings. The van der Waals surface area contributed by atoms with Gasteiger partial charge in [0.15, 0.2) is 5.96 Å². The Morgan fingerprint density at radius 1 is 1.19 bits per heavy atom. The second kappa shape index (κ2) is 4.56. The topological polar surface area (TPSA) is 39.1 Å². The van der Waals surface area contributed by atoms with Gasteiger partial charge >= 0.3 is 0 Å². The Labute approximate surface area is 97.0 Å². The van der Waals surface area contributed by atoms with Gasteiger partial charge in [-0.3, -0.25) is 5.41 Å². The lowest BCUT2D eigenvalue weighted by Crippen LogP contribution is -2.33. The van der Waals surface area contributed by atoms with Crippen LogP contribution in [0.15, 0.2) is 18.2 Å². The minimum Gasteiger partial charge on any atom is -0.343 e. The maximum absolute atomic E-state index is 8.03. The number of guanidine groups is 1. The summed E-state index contributed by atoms with van der Waals surface area (Å²) in [6.07, 6.45) is 2.41. The Hall–Kier alpha value is -1.51. The molecule has 86 valence electrons. The summed E-state index contributed by atoms with van der Waals surface area (Å²) in [7, 11) is 0. The van der Waals surface area contributed by atoms with Gasteiger partial charge in [0.2, 0.25) is 0 Å². The molecule has 1 saturated heterocycles. The fourth-order valence-electron chi connectivity index (χ4n) is 2.15. The maximum atomic E-state index is 8.03. The largest absolute Gasteiger partial charge is 0.343 e. The quantitative estimate of drug-likeness (QED) is 0.561. The van der Waals surface area contributed by atoms with E-state index >= 15 is 0 Å². The second-order valence-corrected chi connectivity index (χ2v) is 4.43. The monoisotopic (exact) mass is 217 g/mol. The van der Waals surface area contributed by atoms with Crippen molar-refractivity contribution < 1.29 is 0 Å². The number of hydrogen-bond acceptors (Lipinski definition) is 1. The molecule has 2 N–H and O–H groups in total. The summed E-state index contributed by atoms with van der Waals surface area (Å²) in [6, 6.07) is 6.20. The standard InChI is InChI=1S/C13H19N3/c1-10-6-5-7-11(2)12(10)15-13(14)16-8-3-4-9-16/h5-7H,3-4,8-9H2,1-2H3,(H2,14,15). The van der Waals surface area contributed by atoms with E-state index in [0.717, 1.165) is 18.8 Å². The van der Waals surface area contributed by atoms with Crippen molar-refractivity contribution in [1.82, 2.24) is 4.90 Å². The number of benzene rings is 1. The molecule has 0 radical (unpaired) electrons. The smallest absolute Gasteiger partial charge is 0.195 e. The first-order valence-corrected chi connectivity index (χ1v) is 5.85. The summed E-state index contributed by atoms with van der Waals surface area (Å²) < 4.78 is 0. The van der Waals surface area contributed by atoms with E-state index in [1.807, 2.05) is 0 Å². The van der Waals surface area contributed by atoms with Crippen LogP contribution in [0.3, 0.4) is 0 Å². The van der Waals surface area contributed by atoms with E-state index in [0.29, 0.717) is 5.96 Å². The van der Waals surface area contributed by atoms with Crippen molar-refractivity contribution in [3.05, 3.63) is 29.3 Å². The van der Waals surface area contributed by atoms with Gasteiger partial charge in [0.05, 0.1) is 0 Å². The van der Waals surface area contributed by atoms with Crippen LogP contribution >= 0.6 is 0 Å². The molecule has 1 aromatic rings. The van der Waals surface area contributed by atoms with E-state index in [1.54, 1.807) is 0 Å². The van der Waals surface area contributed by atoms with Crippen LogP contribution in [-0.4, -0.2) is 23.9 Å². The van der Waals surface area contributed by atoms with Gasteiger partial charge in [-0.15, -0.1) is 0 Å². The third kappa shape index (κ3) is 2.18. The van der Waals surface area contributed by atoms with Crippen LogP contribution in [-0.2, 0) is 0 Å². The molecule has 0 atom stereocenters. The average molecular weight is 217 g/mol. The third-order valence-corrected chi connectivity index (χ3v) is 3.15. The molecule has 0 aromatic heterocycles. The van der Waals surface area contributed by atoms with Crippen LogP contribution in [0.25, 0.3) is 0 Å². The van der Waals surface area contributed by atoms with Crippen molar-refractivity contribution >= 4 is 11.6 Å². The first-order chi connectivity index (χ1) is 7.68. The highest BCUT2D eigenvalue weighted by atomic mass is 15.3. The SMILES string of the molecule is Cc1cccc(C)c1NC(=N)N1CCCC1. The Bertz CT molecular complexity index is 372. The van der Waals surface area contributed by atoms with Crippen molar-refractivity contribution in [1.29, 1.82) is 5.41 Å². The van der Waals surface area contributed by atoms with E-state index < -0.39 is 0 Å². The Morgan fingerprint density at radius 2 is 1.75 bits per heavy atom. The van der Waals surface area contributed by atoms with Crippen molar-refractivity contribution in [2.75, 3.05) is 18.4 Å². The summed E-state index contributed by atoms with van der Waals surface area (Å²) in [5.74, 6) is 0.537. The second-order valence-electron chi connectivity index (χ2n) is 4.43. The summed E-state index contributed by atoms with van der Waals surface area (Å²) in [5.41, 5.74) is 3.48. The number of hydrogen-bond donors (Lipinski definition) is 2. The molecule has 16 heavy (non-hydrogen) atoms. The molecule has 0 spiro atoms. The molecule has 1 heterocycles. The van der Waals surface area contributed by atoms with E-state index in [2.05, 4.69) is 42.3 Å². The van der Waals surface area contributed by atoms with E-state index in [4.69, 9.17) is 5.41 Å². The van der Waals surface area contributed by atoms with Crippen molar-refractivity contribution in [3.63, 3.8) is 0 Å². The fraction of sp³-hybridized carbons (Fsp3) is 0.462. The number of likely N-dealkylation sites (tertiary alicyclic amines) is 1. The average Bonchev–Trinajstić information content (AvgIpc) is 2.76. The summed E-state index contributed by atoms with van der Waals surface area (Å²) >= 11 is 0. The summed E-state index contributed by atoms with van der Waals surface area (Å²) in [5, 5.41) is 11.3. The lowest BCUT2D eigenvalue weighted by atomic mass is 10.1. The van der Waals surface area contributed by atoms with Gasteiger partial charge in [-0.2, -0.15) is 0 Å². The Kier molecular flexibility index (Phi) is 3.13. The summed E-state index contributed by atoms with van der Waals surface area (Å²) in [4.78, 5) is 2.10. The van der Waals surface area contributed by atoms with Gasteiger partial charge in [-0.05, 0) is 37.8 Å². The molecule has 0 saturated carbocycles. The van der Waals surface area contributed by atoms with Gasteiger partial charge in [0, 0.05) is 18.8 Å². The van der Waals surface area contributed by atoms with Gasteiger partial charge in [-0.25, -0.2) is 0 Å². The molecule has 3 heteroatoms. The molecule has 1 aliphatic rings. The molecule has 0 amide bonds. The Balaban J connectivity index is 2.11. The van der Waals surface area contributed by atoms with Gasteiger partial charge < -0.3 is 10.2 Å². The number of para-hydroxylation sites is 1. The molecule has 1 aliphatic heterocycles. The number of anilines is 1. The van der Waals surface area contributed by atoms with Crippen LogP contribution in [0.1, 0.15) is 24.0 Å². The van der Waals surface area contributed by atoms with Gasteiger partial charge in [0.1, 0.15) is 0 Å². The zero-order chi connectivity index (χ0) is 11.5. The molecule has 0 bridgehead atoms. The van der Waals surface area contributed by atoms with Gasteiger partial charge in [-0.1, -0.05) is 18.2 Å². The highest BCUT2D eigenvalue weighted by Gasteiger charge is 2.15. The highest BCUT2D eigenvalue weighted by Crippen LogP contribution is 2.20.